The Kier molecular flexibility index (Phi) is 4.14. The summed E-state index contributed by atoms with van der Waals surface area (Å²) in [5.74, 6) is 0.0556. The van der Waals surface area contributed by atoms with Gasteiger partial charge < -0.3 is 15.5 Å². The summed E-state index contributed by atoms with van der Waals surface area (Å²) < 4.78 is 1.71. The Labute approximate surface area is 125 Å². The zero-order valence-corrected chi connectivity index (χ0v) is 12.9. The minimum Gasteiger partial charge on any atom is -0.380 e. The van der Waals surface area contributed by atoms with E-state index in [0.29, 0.717) is 24.7 Å². The third kappa shape index (κ3) is 3.97. The number of hydrogen-bond acceptors (Lipinski definition) is 4. The van der Waals surface area contributed by atoms with Gasteiger partial charge in [0.25, 0.3) is 0 Å². The van der Waals surface area contributed by atoms with Crippen molar-refractivity contribution in [2.24, 2.45) is 0 Å². The van der Waals surface area contributed by atoms with Gasteiger partial charge >= 0.3 is 0 Å². The highest BCUT2D eigenvalue weighted by atomic mass is 16.2. The summed E-state index contributed by atoms with van der Waals surface area (Å²) in [4.78, 5) is 14.1. The van der Waals surface area contributed by atoms with Gasteiger partial charge in [0.15, 0.2) is 0 Å². The van der Waals surface area contributed by atoms with Crippen molar-refractivity contribution >= 4 is 11.6 Å². The van der Waals surface area contributed by atoms with Crippen molar-refractivity contribution in [2.45, 2.75) is 57.3 Å². The standard InChI is InChI=1S/C15H25N5O/c1-11-7-13(5-6-19(11)2)17-14-8-16-20(9-14)10-15(21)18-12-3-4-12/h8-9,11-13,17H,3-7,10H2,1-2H3,(H,18,21). The van der Waals surface area contributed by atoms with E-state index in [2.05, 4.69) is 34.6 Å². The number of likely N-dealkylation sites (tertiary alicyclic amines) is 1. The molecule has 116 valence electrons. The van der Waals surface area contributed by atoms with Crippen molar-refractivity contribution in [1.29, 1.82) is 0 Å². The van der Waals surface area contributed by atoms with Crippen molar-refractivity contribution in [3.8, 4) is 0 Å². The van der Waals surface area contributed by atoms with E-state index in [0.717, 1.165) is 37.9 Å². The molecule has 2 atom stereocenters. The number of hydrogen-bond donors (Lipinski definition) is 2. The Bertz CT molecular complexity index is 496. The van der Waals surface area contributed by atoms with Crippen LogP contribution < -0.4 is 10.6 Å². The monoisotopic (exact) mass is 291 g/mol. The van der Waals surface area contributed by atoms with E-state index < -0.39 is 0 Å². The third-order valence-corrected chi connectivity index (χ3v) is 4.46. The van der Waals surface area contributed by atoms with E-state index in [1.807, 2.05) is 12.4 Å². The number of carbonyl (C=O) groups excluding carboxylic acids is 1. The van der Waals surface area contributed by atoms with Crippen molar-refractivity contribution in [1.82, 2.24) is 20.0 Å². The van der Waals surface area contributed by atoms with E-state index in [1.165, 1.54) is 0 Å². The van der Waals surface area contributed by atoms with Gasteiger partial charge in [-0.1, -0.05) is 0 Å². The highest BCUT2D eigenvalue weighted by molar-refractivity contribution is 5.76. The molecule has 3 rings (SSSR count). The first-order valence-electron chi connectivity index (χ1n) is 7.89. The smallest absolute Gasteiger partial charge is 0.241 e. The third-order valence-electron chi connectivity index (χ3n) is 4.46. The molecular formula is C15H25N5O. The lowest BCUT2D eigenvalue weighted by molar-refractivity contribution is -0.122. The van der Waals surface area contributed by atoms with Crippen molar-refractivity contribution in [2.75, 3.05) is 18.9 Å². The van der Waals surface area contributed by atoms with Crippen LogP contribution in [0.2, 0.25) is 0 Å². The van der Waals surface area contributed by atoms with Crippen LogP contribution in [0.3, 0.4) is 0 Å². The number of amides is 1. The molecule has 1 saturated carbocycles. The maximum absolute atomic E-state index is 11.7. The molecule has 2 N–H and O–H groups in total. The summed E-state index contributed by atoms with van der Waals surface area (Å²) in [5.41, 5.74) is 1.01. The summed E-state index contributed by atoms with van der Waals surface area (Å²) in [5, 5.41) is 10.8. The maximum Gasteiger partial charge on any atom is 0.241 e. The summed E-state index contributed by atoms with van der Waals surface area (Å²) in [6.45, 7) is 3.69. The minimum absolute atomic E-state index is 0.0556. The molecule has 2 aliphatic rings. The largest absolute Gasteiger partial charge is 0.380 e. The Morgan fingerprint density at radius 2 is 2.19 bits per heavy atom. The summed E-state index contributed by atoms with van der Waals surface area (Å²) in [6, 6.07) is 1.51. The van der Waals surface area contributed by atoms with Gasteiger partial charge in [0, 0.05) is 30.9 Å². The van der Waals surface area contributed by atoms with Gasteiger partial charge in [0.1, 0.15) is 6.54 Å². The van der Waals surface area contributed by atoms with Crippen molar-refractivity contribution < 1.29 is 4.79 Å². The molecule has 1 aromatic heterocycles. The number of aromatic nitrogens is 2. The molecule has 1 saturated heterocycles. The number of carbonyl (C=O) groups is 1. The first kappa shape index (κ1) is 14.4. The van der Waals surface area contributed by atoms with E-state index >= 15 is 0 Å². The van der Waals surface area contributed by atoms with Crippen LogP contribution in [0.1, 0.15) is 32.6 Å². The Balaban J connectivity index is 1.49. The molecule has 6 heteroatoms. The fourth-order valence-electron chi connectivity index (χ4n) is 2.83. The first-order chi connectivity index (χ1) is 10.1. The Hall–Kier alpha value is -1.56. The van der Waals surface area contributed by atoms with Gasteiger partial charge in [0.2, 0.25) is 5.91 Å². The van der Waals surface area contributed by atoms with Gasteiger partial charge in [0.05, 0.1) is 11.9 Å². The molecule has 0 spiro atoms. The molecule has 2 unspecified atom stereocenters. The summed E-state index contributed by atoms with van der Waals surface area (Å²) in [6.07, 6.45) is 8.26. The lowest BCUT2D eigenvalue weighted by Gasteiger charge is -2.35. The van der Waals surface area contributed by atoms with E-state index in [9.17, 15) is 4.79 Å². The number of piperidine rings is 1. The molecule has 2 heterocycles. The molecular weight excluding hydrogens is 266 g/mol. The SMILES string of the molecule is CC1CC(Nc2cnn(CC(=O)NC3CC3)c2)CCN1C. The zero-order valence-electron chi connectivity index (χ0n) is 12.9. The molecule has 0 radical (unpaired) electrons. The van der Waals surface area contributed by atoms with Gasteiger partial charge in [-0.05, 0) is 39.7 Å². The minimum atomic E-state index is 0.0556. The molecule has 0 aromatic carbocycles. The zero-order chi connectivity index (χ0) is 14.8. The normalized spacial score (nSPS) is 26.6. The first-order valence-corrected chi connectivity index (χ1v) is 7.89. The van der Waals surface area contributed by atoms with Crippen LogP contribution in [0.4, 0.5) is 5.69 Å². The van der Waals surface area contributed by atoms with Gasteiger partial charge in [-0.3, -0.25) is 9.48 Å². The molecule has 21 heavy (non-hydrogen) atoms. The lowest BCUT2D eigenvalue weighted by Crippen LogP contribution is -2.42. The van der Waals surface area contributed by atoms with Crippen molar-refractivity contribution in [3.63, 3.8) is 0 Å². The predicted octanol–water partition coefficient (Wildman–Crippen LogP) is 1.06. The lowest BCUT2D eigenvalue weighted by atomic mass is 9.99. The summed E-state index contributed by atoms with van der Waals surface area (Å²) >= 11 is 0. The molecule has 1 amide bonds. The number of nitrogens with one attached hydrogen (secondary N) is 2. The fourth-order valence-corrected chi connectivity index (χ4v) is 2.83. The van der Waals surface area contributed by atoms with Crippen LogP contribution in [0.5, 0.6) is 0 Å². The second kappa shape index (κ2) is 6.05. The van der Waals surface area contributed by atoms with Gasteiger partial charge in [-0.2, -0.15) is 5.10 Å². The summed E-state index contributed by atoms with van der Waals surface area (Å²) in [7, 11) is 2.18. The Morgan fingerprint density at radius 1 is 1.38 bits per heavy atom. The molecule has 2 fully saturated rings. The highest BCUT2D eigenvalue weighted by Crippen LogP contribution is 2.20. The predicted molar refractivity (Wildman–Crippen MR) is 82.1 cm³/mol. The van der Waals surface area contributed by atoms with Crippen LogP contribution in [0.15, 0.2) is 12.4 Å². The average Bonchev–Trinajstić information content (AvgIpc) is 3.13. The number of anilines is 1. The van der Waals surface area contributed by atoms with Crippen LogP contribution in [-0.2, 0) is 11.3 Å². The van der Waals surface area contributed by atoms with Crippen LogP contribution >= 0.6 is 0 Å². The Morgan fingerprint density at radius 3 is 2.90 bits per heavy atom. The van der Waals surface area contributed by atoms with Crippen LogP contribution in [-0.4, -0.2) is 52.3 Å². The van der Waals surface area contributed by atoms with Crippen LogP contribution in [0, 0.1) is 0 Å². The quantitative estimate of drug-likeness (QED) is 0.851. The second-order valence-corrected chi connectivity index (χ2v) is 6.46. The van der Waals surface area contributed by atoms with Gasteiger partial charge in [-0.15, -0.1) is 0 Å². The molecule has 6 nitrogen and oxygen atoms in total. The van der Waals surface area contributed by atoms with Crippen LogP contribution in [0.25, 0.3) is 0 Å². The molecule has 0 bridgehead atoms. The van der Waals surface area contributed by atoms with E-state index in [-0.39, 0.29) is 5.91 Å². The second-order valence-electron chi connectivity index (χ2n) is 6.46. The molecule has 1 aliphatic heterocycles. The van der Waals surface area contributed by atoms with E-state index in [4.69, 9.17) is 0 Å². The molecule has 1 aromatic rings. The number of nitrogens with zero attached hydrogens (tertiary/aromatic N) is 3. The average molecular weight is 291 g/mol. The highest BCUT2D eigenvalue weighted by Gasteiger charge is 2.24. The van der Waals surface area contributed by atoms with Crippen molar-refractivity contribution in [3.05, 3.63) is 12.4 Å². The maximum atomic E-state index is 11.7. The topological polar surface area (TPSA) is 62.2 Å². The fraction of sp³-hybridized carbons (Fsp3) is 0.733. The van der Waals surface area contributed by atoms with E-state index in [1.54, 1.807) is 4.68 Å². The number of rotatable bonds is 5. The van der Waals surface area contributed by atoms with Gasteiger partial charge in [-0.25, -0.2) is 0 Å². The molecule has 1 aliphatic carbocycles.